The van der Waals surface area contributed by atoms with Crippen molar-refractivity contribution in [3.8, 4) is 28.0 Å². The molecule has 0 heterocycles. The van der Waals surface area contributed by atoms with Crippen LogP contribution in [0.4, 0.5) is 13.2 Å². The van der Waals surface area contributed by atoms with Gasteiger partial charge in [0.1, 0.15) is 5.75 Å². The Morgan fingerprint density at radius 3 is 1.68 bits per heavy atom. The lowest BCUT2D eigenvalue weighted by Gasteiger charge is -2.19. The Kier molecular flexibility index (Phi) is 5.61. The molecule has 0 radical (unpaired) electrons. The van der Waals surface area contributed by atoms with Gasteiger partial charge in [0.05, 0.1) is 0 Å². The average Bonchev–Trinajstić information content (AvgIpc) is 2.91. The Bertz CT molecular complexity index is 1890. The summed E-state index contributed by atoms with van der Waals surface area (Å²) in [6.07, 6.45) is 0. The fraction of sp³-hybridized carbons (Fsp3) is 0.0323. The molecule has 0 fully saturated rings. The summed E-state index contributed by atoms with van der Waals surface area (Å²) < 4.78 is 66.0. The largest absolute Gasteiger partial charge is 0.534 e. The summed E-state index contributed by atoms with van der Waals surface area (Å²) in [7, 11) is -5.77. The Morgan fingerprint density at radius 2 is 1.11 bits per heavy atom. The van der Waals surface area contributed by atoms with E-state index in [-0.39, 0.29) is 0 Å². The van der Waals surface area contributed by atoms with Gasteiger partial charge < -0.3 is 4.18 Å². The summed E-state index contributed by atoms with van der Waals surface area (Å²) in [5.41, 5.74) is -1.44. The van der Waals surface area contributed by atoms with Gasteiger partial charge in [-0.25, -0.2) is 0 Å². The third-order valence-electron chi connectivity index (χ3n) is 6.60. The highest BCUT2D eigenvalue weighted by Gasteiger charge is 2.48. The van der Waals surface area contributed by atoms with Crippen LogP contribution in [0.25, 0.3) is 54.6 Å². The molecule has 6 rings (SSSR count). The van der Waals surface area contributed by atoms with Gasteiger partial charge in [-0.05, 0) is 66.7 Å². The molecular formula is C31H19F3O3S. The molecule has 0 spiro atoms. The topological polar surface area (TPSA) is 43.4 Å². The van der Waals surface area contributed by atoms with Gasteiger partial charge in [-0.15, -0.1) is 0 Å². The zero-order valence-electron chi connectivity index (χ0n) is 19.7. The number of hydrogen-bond acceptors (Lipinski definition) is 3. The molecule has 0 aliphatic rings. The van der Waals surface area contributed by atoms with Crippen molar-refractivity contribution in [2.24, 2.45) is 0 Å². The minimum atomic E-state index is -5.77. The fourth-order valence-electron chi connectivity index (χ4n) is 5.04. The monoisotopic (exact) mass is 528 g/mol. The van der Waals surface area contributed by atoms with Gasteiger partial charge >= 0.3 is 15.6 Å². The van der Waals surface area contributed by atoms with E-state index in [1.807, 2.05) is 48.5 Å². The lowest BCUT2D eigenvalue weighted by Crippen LogP contribution is -2.28. The van der Waals surface area contributed by atoms with Crippen LogP contribution in [0.15, 0.2) is 115 Å². The second-order valence-corrected chi connectivity index (χ2v) is 10.4. The number of halogens is 3. The van der Waals surface area contributed by atoms with Gasteiger partial charge in [0.15, 0.2) is 0 Å². The molecule has 188 valence electrons. The number of benzene rings is 6. The maximum absolute atomic E-state index is 12.9. The molecule has 0 saturated carbocycles. The predicted molar refractivity (Wildman–Crippen MR) is 145 cm³/mol. The summed E-state index contributed by atoms with van der Waals surface area (Å²) in [6, 6.07) is 36.1. The van der Waals surface area contributed by atoms with Gasteiger partial charge in [-0.2, -0.15) is 21.6 Å². The SMILES string of the molecule is O=S(=O)(Oc1ccc2c(-c3c4ccccc4c(-c4ccccc4)c4ccccc34)cccc2c1)C(F)(F)F. The summed E-state index contributed by atoms with van der Waals surface area (Å²) in [4.78, 5) is 0. The van der Waals surface area contributed by atoms with Crippen molar-refractivity contribution < 1.29 is 25.8 Å². The minimum Gasteiger partial charge on any atom is -0.376 e. The second-order valence-electron chi connectivity index (χ2n) is 8.88. The standard InChI is InChI=1S/C31H19F3O3S/c32-31(33,34)38(35,36)37-22-17-18-23-21(19-22)11-8-16-24(23)30-27-14-6-4-12-25(27)29(20-9-2-1-3-10-20)26-13-5-7-15-28(26)30/h1-19H. The van der Waals surface area contributed by atoms with Crippen LogP contribution in [0.5, 0.6) is 5.75 Å². The lowest BCUT2D eigenvalue weighted by atomic mass is 9.85. The lowest BCUT2D eigenvalue weighted by molar-refractivity contribution is -0.0500. The van der Waals surface area contributed by atoms with E-state index in [2.05, 4.69) is 40.6 Å². The van der Waals surface area contributed by atoms with Crippen molar-refractivity contribution in [3.05, 3.63) is 115 Å². The highest BCUT2D eigenvalue weighted by Crippen LogP contribution is 2.45. The van der Waals surface area contributed by atoms with E-state index in [0.29, 0.717) is 5.39 Å². The maximum atomic E-state index is 12.9. The van der Waals surface area contributed by atoms with Crippen molar-refractivity contribution >= 4 is 42.4 Å². The molecule has 0 unspecified atom stereocenters. The summed E-state index contributed by atoms with van der Waals surface area (Å²) in [6.45, 7) is 0. The van der Waals surface area contributed by atoms with E-state index in [9.17, 15) is 21.6 Å². The Hall–Kier alpha value is -4.36. The number of fused-ring (bicyclic) bond motifs is 3. The first-order valence-electron chi connectivity index (χ1n) is 11.8. The molecule has 6 aromatic carbocycles. The van der Waals surface area contributed by atoms with Crippen LogP contribution < -0.4 is 4.18 Å². The van der Waals surface area contributed by atoms with Crippen molar-refractivity contribution in [2.45, 2.75) is 5.51 Å². The first-order chi connectivity index (χ1) is 18.2. The molecule has 0 aromatic heterocycles. The first-order valence-corrected chi connectivity index (χ1v) is 13.2. The van der Waals surface area contributed by atoms with Crippen molar-refractivity contribution in [1.82, 2.24) is 0 Å². The van der Waals surface area contributed by atoms with Gasteiger partial charge in [0.2, 0.25) is 0 Å². The molecule has 0 saturated heterocycles. The molecule has 0 atom stereocenters. The van der Waals surface area contributed by atoms with E-state index in [1.54, 1.807) is 18.2 Å². The Labute approximate surface area is 216 Å². The molecule has 0 amide bonds. The normalized spacial score (nSPS) is 12.3. The predicted octanol–water partition coefficient (Wildman–Crippen LogP) is 8.71. The van der Waals surface area contributed by atoms with Crippen molar-refractivity contribution in [1.29, 1.82) is 0 Å². The first kappa shape index (κ1) is 24.0. The van der Waals surface area contributed by atoms with Crippen molar-refractivity contribution in [3.63, 3.8) is 0 Å². The fourth-order valence-corrected chi connectivity index (χ4v) is 5.49. The van der Waals surface area contributed by atoms with Gasteiger partial charge in [-0.1, -0.05) is 103 Å². The third kappa shape index (κ3) is 3.96. The van der Waals surface area contributed by atoms with E-state index in [1.165, 1.54) is 12.1 Å². The molecule has 0 aliphatic carbocycles. The highest BCUT2D eigenvalue weighted by molar-refractivity contribution is 7.88. The van der Waals surface area contributed by atoms with Crippen LogP contribution in [0.1, 0.15) is 0 Å². The van der Waals surface area contributed by atoms with Crippen LogP contribution in [0.3, 0.4) is 0 Å². The molecule has 3 nitrogen and oxygen atoms in total. The number of rotatable bonds is 4. The third-order valence-corrected chi connectivity index (χ3v) is 7.58. The highest BCUT2D eigenvalue weighted by atomic mass is 32.2. The Morgan fingerprint density at radius 1 is 0.553 bits per heavy atom. The molecule has 7 heteroatoms. The average molecular weight is 529 g/mol. The maximum Gasteiger partial charge on any atom is 0.534 e. The number of alkyl halides is 3. The van der Waals surface area contributed by atoms with Crippen LogP contribution in [0.2, 0.25) is 0 Å². The van der Waals surface area contributed by atoms with Crippen LogP contribution in [-0.2, 0) is 10.1 Å². The zero-order valence-corrected chi connectivity index (χ0v) is 20.6. The molecule has 0 bridgehead atoms. The summed E-state index contributed by atoms with van der Waals surface area (Å²) in [5.74, 6) is -0.402. The molecule has 6 aromatic rings. The van der Waals surface area contributed by atoms with Crippen LogP contribution in [0, 0.1) is 0 Å². The second kappa shape index (κ2) is 8.89. The summed E-state index contributed by atoms with van der Waals surface area (Å²) in [5, 5.41) is 5.50. The number of hydrogen-bond donors (Lipinski definition) is 0. The molecule has 0 N–H and O–H groups in total. The Balaban J connectivity index is 1.63. The van der Waals surface area contributed by atoms with E-state index in [4.69, 9.17) is 0 Å². The zero-order chi connectivity index (χ0) is 26.5. The smallest absolute Gasteiger partial charge is 0.376 e. The van der Waals surface area contributed by atoms with E-state index < -0.39 is 21.4 Å². The van der Waals surface area contributed by atoms with Crippen LogP contribution >= 0.6 is 0 Å². The van der Waals surface area contributed by atoms with Crippen LogP contribution in [-0.4, -0.2) is 13.9 Å². The molecule has 0 aliphatic heterocycles. The van der Waals surface area contributed by atoms with E-state index >= 15 is 0 Å². The quantitative estimate of drug-likeness (QED) is 0.131. The molecular weight excluding hydrogens is 509 g/mol. The van der Waals surface area contributed by atoms with Gasteiger partial charge in [-0.3, -0.25) is 0 Å². The van der Waals surface area contributed by atoms with E-state index in [0.717, 1.165) is 49.2 Å². The van der Waals surface area contributed by atoms with Gasteiger partial charge in [0, 0.05) is 0 Å². The van der Waals surface area contributed by atoms with Crippen molar-refractivity contribution in [2.75, 3.05) is 0 Å². The van der Waals surface area contributed by atoms with Gasteiger partial charge in [0.25, 0.3) is 0 Å². The summed E-state index contributed by atoms with van der Waals surface area (Å²) >= 11 is 0. The molecule has 38 heavy (non-hydrogen) atoms. The minimum absolute atomic E-state index is 0.402.